The molecule has 19 heavy (non-hydrogen) atoms. The number of anilines is 1. The first-order valence-electron chi connectivity index (χ1n) is 7.32. The van der Waals surface area contributed by atoms with Crippen LogP contribution in [0.5, 0.6) is 0 Å². The Labute approximate surface area is 117 Å². The molecule has 1 aromatic heterocycles. The van der Waals surface area contributed by atoms with Crippen molar-refractivity contribution in [1.29, 1.82) is 0 Å². The lowest BCUT2D eigenvalue weighted by Gasteiger charge is -2.20. The van der Waals surface area contributed by atoms with Gasteiger partial charge in [0.25, 0.3) is 0 Å². The third kappa shape index (κ3) is 5.47. The summed E-state index contributed by atoms with van der Waals surface area (Å²) in [4.78, 5) is 6.81. The molecule has 0 amide bonds. The summed E-state index contributed by atoms with van der Waals surface area (Å²) >= 11 is 0. The molecular formula is C15H28N4. The molecule has 0 saturated heterocycles. The quantitative estimate of drug-likeness (QED) is 0.660. The van der Waals surface area contributed by atoms with Crippen LogP contribution in [0.25, 0.3) is 0 Å². The molecule has 4 heteroatoms. The third-order valence-electron chi connectivity index (χ3n) is 3.42. The van der Waals surface area contributed by atoms with Gasteiger partial charge in [-0.1, -0.05) is 19.9 Å². The average molecular weight is 264 g/mol. The second kappa shape index (κ2) is 8.75. The van der Waals surface area contributed by atoms with E-state index < -0.39 is 0 Å². The van der Waals surface area contributed by atoms with Gasteiger partial charge < -0.3 is 14.8 Å². The van der Waals surface area contributed by atoms with E-state index >= 15 is 0 Å². The minimum Gasteiger partial charge on any atom is -0.353 e. The van der Waals surface area contributed by atoms with E-state index in [1.165, 1.54) is 13.0 Å². The smallest absolute Gasteiger partial charge is 0.203 e. The molecule has 0 aromatic carbocycles. The zero-order valence-electron chi connectivity index (χ0n) is 12.6. The predicted molar refractivity (Wildman–Crippen MR) is 82.5 cm³/mol. The number of allylic oxidation sites excluding steroid dienone is 1. The van der Waals surface area contributed by atoms with E-state index in [2.05, 4.69) is 47.1 Å². The Kier molecular flexibility index (Phi) is 7.26. The molecule has 0 saturated carbocycles. The molecule has 1 aromatic rings. The molecule has 0 radical (unpaired) electrons. The molecule has 1 N–H and O–H groups in total. The molecule has 108 valence electrons. The largest absolute Gasteiger partial charge is 0.353 e. The second-order valence-electron chi connectivity index (χ2n) is 4.91. The fourth-order valence-corrected chi connectivity index (χ4v) is 2.19. The second-order valence-corrected chi connectivity index (χ2v) is 4.91. The highest BCUT2D eigenvalue weighted by atomic mass is 15.2. The number of hydrogen-bond acceptors (Lipinski definition) is 3. The summed E-state index contributed by atoms with van der Waals surface area (Å²) in [5.74, 6) is 0.940. The maximum Gasteiger partial charge on any atom is 0.203 e. The van der Waals surface area contributed by atoms with E-state index in [0.717, 1.165) is 32.0 Å². The van der Waals surface area contributed by atoms with Crippen molar-refractivity contribution in [2.45, 2.75) is 46.2 Å². The van der Waals surface area contributed by atoms with Crippen molar-refractivity contribution in [2.24, 2.45) is 0 Å². The van der Waals surface area contributed by atoms with Gasteiger partial charge in [-0.3, -0.25) is 0 Å². The van der Waals surface area contributed by atoms with Crippen LogP contribution in [0.1, 0.15) is 33.6 Å². The van der Waals surface area contributed by atoms with Gasteiger partial charge in [-0.15, -0.1) is 6.58 Å². The summed E-state index contributed by atoms with van der Waals surface area (Å²) in [5.41, 5.74) is 0. The molecule has 0 spiro atoms. The predicted octanol–water partition coefficient (Wildman–Crippen LogP) is 2.99. The highest BCUT2D eigenvalue weighted by Gasteiger charge is 2.07. The van der Waals surface area contributed by atoms with E-state index in [1.807, 2.05) is 18.5 Å². The maximum atomic E-state index is 4.34. The molecule has 4 nitrogen and oxygen atoms in total. The van der Waals surface area contributed by atoms with E-state index in [4.69, 9.17) is 0 Å². The van der Waals surface area contributed by atoms with Crippen LogP contribution in [-0.4, -0.2) is 40.1 Å². The highest BCUT2D eigenvalue weighted by molar-refractivity contribution is 5.27. The van der Waals surface area contributed by atoms with Gasteiger partial charge in [-0.2, -0.15) is 0 Å². The molecule has 1 atom stereocenters. The Hall–Kier alpha value is -1.29. The van der Waals surface area contributed by atoms with Crippen LogP contribution in [0.3, 0.4) is 0 Å². The number of nitrogens with one attached hydrogen (secondary N) is 1. The normalized spacial score (nSPS) is 12.6. The molecule has 0 aliphatic heterocycles. The van der Waals surface area contributed by atoms with E-state index in [-0.39, 0.29) is 0 Å². The lowest BCUT2D eigenvalue weighted by atomic mass is 10.2. The molecule has 0 bridgehead atoms. The maximum absolute atomic E-state index is 4.34. The molecule has 0 fully saturated rings. The standard InChI is InChI=1S/C15H28N4/c1-5-11-19-13-10-16-15(19)17-14(4)9-8-12-18(6-2)7-3/h5,10,13-14H,1,6-9,11-12H2,2-4H3,(H,16,17). The summed E-state index contributed by atoms with van der Waals surface area (Å²) in [6, 6.07) is 0.446. The van der Waals surface area contributed by atoms with Gasteiger partial charge in [0, 0.05) is 25.0 Å². The SMILES string of the molecule is C=CCn1ccnc1NC(C)CCCN(CC)CC. The monoisotopic (exact) mass is 264 g/mol. The lowest BCUT2D eigenvalue weighted by molar-refractivity contribution is 0.295. The van der Waals surface area contributed by atoms with Gasteiger partial charge >= 0.3 is 0 Å². The molecule has 0 aliphatic carbocycles. The van der Waals surface area contributed by atoms with E-state index in [0.29, 0.717) is 6.04 Å². The lowest BCUT2D eigenvalue weighted by Crippen LogP contribution is -2.26. The van der Waals surface area contributed by atoms with Crippen LogP contribution in [0, 0.1) is 0 Å². The van der Waals surface area contributed by atoms with Gasteiger partial charge in [-0.25, -0.2) is 4.98 Å². The van der Waals surface area contributed by atoms with Gasteiger partial charge in [0.15, 0.2) is 0 Å². The Morgan fingerprint density at radius 3 is 2.84 bits per heavy atom. The van der Waals surface area contributed by atoms with E-state index in [1.54, 1.807) is 0 Å². The van der Waals surface area contributed by atoms with Crippen molar-refractivity contribution < 1.29 is 0 Å². The van der Waals surface area contributed by atoms with Crippen LogP contribution in [0.2, 0.25) is 0 Å². The number of imidazole rings is 1. The van der Waals surface area contributed by atoms with Gasteiger partial charge in [0.2, 0.25) is 5.95 Å². The fraction of sp³-hybridized carbons (Fsp3) is 0.667. The molecular weight excluding hydrogens is 236 g/mol. The summed E-state index contributed by atoms with van der Waals surface area (Å²) < 4.78 is 2.08. The first-order chi connectivity index (χ1) is 9.21. The topological polar surface area (TPSA) is 33.1 Å². The first kappa shape index (κ1) is 15.8. The summed E-state index contributed by atoms with van der Waals surface area (Å²) in [6.07, 6.45) is 8.08. The van der Waals surface area contributed by atoms with Crippen molar-refractivity contribution in [3.8, 4) is 0 Å². The zero-order valence-corrected chi connectivity index (χ0v) is 12.6. The van der Waals surface area contributed by atoms with Crippen LogP contribution in [-0.2, 0) is 6.54 Å². The number of aromatic nitrogens is 2. The summed E-state index contributed by atoms with van der Waals surface area (Å²) in [6.45, 7) is 14.7. The average Bonchev–Trinajstić information content (AvgIpc) is 2.82. The van der Waals surface area contributed by atoms with Crippen molar-refractivity contribution >= 4 is 5.95 Å². The van der Waals surface area contributed by atoms with Crippen molar-refractivity contribution in [3.63, 3.8) is 0 Å². The van der Waals surface area contributed by atoms with Gasteiger partial charge in [0.05, 0.1) is 0 Å². The third-order valence-corrected chi connectivity index (χ3v) is 3.42. The zero-order chi connectivity index (χ0) is 14.1. The van der Waals surface area contributed by atoms with E-state index in [9.17, 15) is 0 Å². The Balaban J connectivity index is 2.32. The van der Waals surface area contributed by atoms with Crippen molar-refractivity contribution in [1.82, 2.24) is 14.5 Å². The van der Waals surface area contributed by atoms with Crippen molar-refractivity contribution in [2.75, 3.05) is 25.0 Å². The molecule has 1 rings (SSSR count). The number of nitrogens with zero attached hydrogens (tertiary/aromatic N) is 3. The molecule has 1 heterocycles. The summed E-state index contributed by atoms with van der Waals surface area (Å²) in [5, 5.41) is 3.47. The Bertz CT molecular complexity index is 355. The molecule has 0 aliphatic rings. The van der Waals surface area contributed by atoms with Gasteiger partial charge in [0.1, 0.15) is 0 Å². The minimum atomic E-state index is 0.446. The van der Waals surface area contributed by atoms with Crippen molar-refractivity contribution in [3.05, 3.63) is 25.0 Å². The number of hydrogen-bond donors (Lipinski definition) is 1. The Morgan fingerprint density at radius 2 is 2.21 bits per heavy atom. The Morgan fingerprint density at radius 1 is 1.47 bits per heavy atom. The fourth-order valence-electron chi connectivity index (χ4n) is 2.19. The molecule has 1 unspecified atom stereocenters. The first-order valence-corrected chi connectivity index (χ1v) is 7.32. The van der Waals surface area contributed by atoms with Gasteiger partial charge in [-0.05, 0) is 39.4 Å². The van der Waals surface area contributed by atoms with Crippen LogP contribution in [0.15, 0.2) is 25.0 Å². The highest BCUT2D eigenvalue weighted by Crippen LogP contribution is 2.09. The van der Waals surface area contributed by atoms with Crippen LogP contribution >= 0.6 is 0 Å². The number of rotatable bonds is 10. The van der Waals surface area contributed by atoms with Crippen LogP contribution in [0.4, 0.5) is 5.95 Å². The minimum absolute atomic E-state index is 0.446. The summed E-state index contributed by atoms with van der Waals surface area (Å²) in [7, 11) is 0. The van der Waals surface area contributed by atoms with Crippen LogP contribution < -0.4 is 5.32 Å².